The van der Waals surface area contributed by atoms with Gasteiger partial charge in [0.15, 0.2) is 5.65 Å². The summed E-state index contributed by atoms with van der Waals surface area (Å²) in [4.78, 5) is 13.5. The molecule has 1 saturated heterocycles. The lowest BCUT2D eigenvalue weighted by atomic mass is 10.1. The summed E-state index contributed by atoms with van der Waals surface area (Å²) in [7, 11) is 0. The Morgan fingerprint density at radius 3 is 2.69 bits per heavy atom. The summed E-state index contributed by atoms with van der Waals surface area (Å²) in [6, 6.07) is 12.9. The second-order valence-corrected chi connectivity index (χ2v) is 7.44. The largest absolute Gasteiger partial charge is 0.381 e. The van der Waals surface area contributed by atoms with Crippen LogP contribution in [0.2, 0.25) is 0 Å². The first kappa shape index (κ1) is 17.8. The van der Waals surface area contributed by atoms with Gasteiger partial charge in [0.25, 0.3) is 0 Å². The van der Waals surface area contributed by atoms with Crippen LogP contribution in [0.4, 0.5) is 5.82 Å². The second-order valence-electron chi connectivity index (χ2n) is 7.44. The number of nitrogens with zero attached hydrogens (tertiary/aromatic N) is 4. The molecule has 29 heavy (non-hydrogen) atoms. The van der Waals surface area contributed by atoms with E-state index in [1.807, 2.05) is 24.5 Å². The predicted octanol–water partition coefficient (Wildman–Crippen LogP) is 4.38. The number of nitrogens with one attached hydrogen (secondary N) is 1. The number of fused-ring (bicyclic) bond motifs is 1. The molecule has 0 saturated carbocycles. The standard InChI is InChI=1S/C23H23N5O/c1-16-3-2-4-19(13-16)28-14-20(17-5-9-24-10-6-17)21-22(25-15-26-23(21)28)27-18-7-11-29-12-8-18/h2-6,9-10,13-15,18H,7-8,11-12H2,1H3,(H,25,26,27). The van der Waals surface area contributed by atoms with Crippen molar-refractivity contribution in [1.82, 2.24) is 19.5 Å². The quantitative estimate of drug-likeness (QED) is 0.565. The van der Waals surface area contributed by atoms with Crippen LogP contribution < -0.4 is 5.32 Å². The molecule has 5 rings (SSSR count). The van der Waals surface area contributed by atoms with Crippen LogP contribution in [-0.2, 0) is 4.74 Å². The summed E-state index contributed by atoms with van der Waals surface area (Å²) >= 11 is 0. The van der Waals surface area contributed by atoms with Crippen LogP contribution in [0.15, 0.2) is 61.3 Å². The molecule has 1 fully saturated rings. The van der Waals surface area contributed by atoms with Gasteiger partial charge >= 0.3 is 0 Å². The van der Waals surface area contributed by atoms with Gasteiger partial charge in [-0.15, -0.1) is 0 Å². The van der Waals surface area contributed by atoms with E-state index in [-0.39, 0.29) is 0 Å². The molecule has 1 N–H and O–H groups in total. The lowest BCUT2D eigenvalue weighted by Crippen LogP contribution is -2.28. The van der Waals surface area contributed by atoms with E-state index in [0.717, 1.165) is 59.7 Å². The monoisotopic (exact) mass is 385 g/mol. The molecule has 0 bridgehead atoms. The van der Waals surface area contributed by atoms with Gasteiger partial charge in [-0.2, -0.15) is 0 Å². The van der Waals surface area contributed by atoms with Gasteiger partial charge < -0.3 is 14.6 Å². The molecule has 0 amide bonds. The maximum absolute atomic E-state index is 5.51. The number of aryl methyl sites for hydroxylation is 1. The number of ether oxygens (including phenoxy) is 1. The molecule has 3 aromatic heterocycles. The van der Waals surface area contributed by atoms with Crippen LogP contribution in [0.1, 0.15) is 18.4 Å². The number of aromatic nitrogens is 4. The van der Waals surface area contributed by atoms with Gasteiger partial charge in [0.05, 0.1) is 5.39 Å². The number of benzene rings is 1. The first-order chi connectivity index (χ1) is 14.3. The second kappa shape index (κ2) is 7.64. The maximum atomic E-state index is 5.51. The topological polar surface area (TPSA) is 64.9 Å². The van der Waals surface area contributed by atoms with E-state index >= 15 is 0 Å². The third-order valence-electron chi connectivity index (χ3n) is 5.42. The van der Waals surface area contributed by atoms with Crippen molar-refractivity contribution in [3.8, 4) is 16.8 Å². The molecule has 1 aliphatic heterocycles. The highest BCUT2D eigenvalue weighted by atomic mass is 16.5. The van der Waals surface area contributed by atoms with Gasteiger partial charge in [-0.25, -0.2) is 9.97 Å². The third kappa shape index (κ3) is 3.47. The van der Waals surface area contributed by atoms with Crippen molar-refractivity contribution in [2.75, 3.05) is 18.5 Å². The van der Waals surface area contributed by atoms with Crippen molar-refractivity contribution in [2.45, 2.75) is 25.8 Å². The Bertz CT molecular complexity index is 1130. The van der Waals surface area contributed by atoms with Gasteiger partial charge in [0, 0.05) is 49.1 Å². The average molecular weight is 385 g/mol. The molecule has 0 aliphatic carbocycles. The minimum atomic E-state index is 0.356. The number of anilines is 1. The van der Waals surface area contributed by atoms with Gasteiger partial charge in [0.2, 0.25) is 0 Å². The zero-order chi connectivity index (χ0) is 19.6. The Kier molecular flexibility index (Phi) is 4.69. The van der Waals surface area contributed by atoms with Gasteiger partial charge in [0.1, 0.15) is 12.1 Å². The Morgan fingerprint density at radius 2 is 1.90 bits per heavy atom. The number of rotatable bonds is 4. The van der Waals surface area contributed by atoms with E-state index < -0.39 is 0 Å². The highest BCUT2D eigenvalue weighted by Gasteiger charge is 2.20. The van der Waals surface area contributed by atoms with Crippen LogP contribution in [-0.4, -0.2) is 38.8 Å². The summed E-state index contributed by atoms with van der Waals surface area (Å²) in [5.74, 6) is 0.875. The normalized spacial score (nSPS) is 14.9. The first-order valence-corrected chi connectivity index (χ1v) is 9.97. The summed E-state index contributed by atoms with van der Waals surface area (Å²) in [6.07, 6.45) is 9.40. The van der Waals surface area contributed by atoms with E-state index in [2.05, 4.69) is 62.2 Å². The Labute approximate surface area is 169 Å². The lowest BCUT2D eigenvalue weighted by Gasteiger charge is -2.24. The molecule has 4 heterocycles. The maximum Gasteiger partial charge on any atom is 0.150 e. The van der Waals surface area contributed by atoms with Crippen molar-refractivity contribution in [1.29, 1.82) is 0 Å². The predicted molar refractivity (Wildman–Crippen MR) is 114 cm³/mol. The molecule has 146 valence electrons. The van der Waals surface area contributed by atoms with E-state index in [4.69, 9.17) is 4.74 Å². The Hall–Kier alpha value is -3.25. The fourth-order valence-corrected chi connectivity index (χ4v) is 3.93. The third-order valence-corrected chi connectivity index (χ3v) is 5.42. The summed E-state index contributed by atoms with van der Waals surface area (Å²) in [5.41, 5.74) is 5.39. The highest BCUT2D eigenvalue weighted by molar-refractivity contribution is 6.02. The van der Waals surface area contributed by atoms with Gasteiger partial charge in [-0.3, -0.25) is 4.98 Å². The summed E-state index contributed by atoms with van der Waals surface area (Å²) < 4.78 is 7.66. The molecular weight excluding hydrogens is 362 g/mol. The van der Waals surface area contributed by atoms with Crippen molar-refractivity contribution < 1.29 is 4.74 Å². The SMILES string of the molecule is Cc1cccc(-n2cc(-c3ccncc3)c3c(NC4CCOCC4)ncnc32)c1. The molecule has 6 heteroatoms. The number of pyridine rings is 1. The Balaban J connectivity index is 1.70. The average Bonchev–Trinajstić information content (AvgIpc) is 3.16. The van der Waals surface area contributed by atoms with Crippen molar-refractivity contribution in [3.05, 3.63) is 66.9 Å². The zero-order valence-corrected chi connectivity index (χ0v) is 16.4. The van der Waals surface area contributed by atoms with Gasteiger partial charge in [-0.1, -0.05) is 12.1 Å². The van der Waals surface area contributed by atoms with E-state index in [0.29, 0.717) is 6.04 Å². The molecule has 0 atom stereocenters. The van der Waals surface area contributed by atoms with E-state index in [1.54, 1.807) is 6.33 Å². The van der Waals surface area contributed by atoms with Crippen molar-refractivity contribution in [3.63, 3.8) is 0 Å². The van der Waals surface area contributed by atoms with Crippen molar-refractivity contribution >= 4 is 16.9 Å². The first-order valence-electron chi connectivity index (χ1n) is 9.97. The summed E-state index contributed by atoms with van der Waals surface area (Å²) in [6.45, 7) is 3.67. The van der Waals surface area contributed by atoms with Crippen LogP contribution in [0.5, 0.6) is 0 Å². The van der Waals surface area contributed by atoms with Crippen LogP contribution in [0.25, 0.3) is 27.8 Å². The minimum absolute atomic E-state index is 0.356. The summed E-state index contributed by atoms with van der Waals surface area (Å²) in [5, 5.41) is 4.68. The molecular formula is C23H23N5O. The highest BCUT2D eigenvalue weighted by Crippen LogP contribution is 2.35. The number of hydrogen-bond donors (Lipinski definition) is 1. The molecule has 0 radical (unpaired) electrons. The molecule has 1 aliphatic rings. The van der Waals surface area contributed by atoms with Crippen LogP contribution >= 0.6 is 0 Å². The lowest BCUT2D eigenvalue weighted by molar-refractivity contribution is 0.0904. The number of hydrogen-bond acceptors (Lipinski definition) is 5. The molecule has 6 nitrogen and oxygen atoms in total. The van der Waals surface area contributed by atoms with Crippen LogP contribution in [0.3, 0.4) is 0 Å². The van der Waals surface area contributed by atoms with Gasteiger partial charge in [-0.05, 0) is 55.2 Å². The molecule has 0 spiro atoms. The molecule has 4 aromatic rings. The van der Waals surface area contributed by atoms with Crippen LogP contribution in [0, 0.1) is 6.92 Å². The molecule has 1 aromatic carbocycles. The smallest absolute Gasteiger partial charge is 0.150 e. The molecule has 0 unspecified atom stereocenters. The van der Waals surface area contributed by atoms with E-state index in [9.17, 15) is 0 Å². The van der Waals surface area contributed by atoms with Crippen molar-refractivity contribution in [2.24, 2.45) is 0 Å². The zero-order valence-electron chi connectivity index (χ0n) is 16.4. The fourth-order valence-electron chi connectivity index (χ4n) is 3.93. The van der Waals surface area contributed by atoms with E-state index in [1.165, 1.54) is 5.56 Å². The fraction of sp³-hybridized carbons (Fsp3) is 0.261. The minimum Gasteiger partial charge on any atom is -0.381 e. The Morgan fingerprint density at radius 1 is 1.07 bits per heavy atom.